The van der Waals surface area contributed by atoms with Crippen LogP contribution in [0.1, 0.15) is 13.3 Å². The second kappa shape index (κ2) is 2.70. The van der Waals surface area contributed by atoms with Crippen LogP contribution in [0.3, 0.4) is 0 Å². The van der Waals surface area contributed by atoms with Crippen LogP contribution in [0.5, 0.6) is 0 Å². The molecule has 8 heavy (non-hydrogen) atoms. The van der Waals surface area contributed by atoms with Gasteiger partial charge in [0.25, 0.3) is 0 Å². The quantitative estimate of drug-likeness (QED) is 0.534. The number of alkyl halides is 1. The molecule has 1 aliphatic rings. The third-order valence-corrected chi connectivity index (χ3v) is 1.60. The fourth-order valence-electron chi connectivity index (χ4n) is 0.716. The lowest BCUT2D eigenvalue weighted by atomic mass is 10.5. The molecule has 0 aromatic rings. The first-order valence-electron chi connectivity index (χ1n) is 3.02. The van der Waals surface area contributed by atoms with Crippen LogP contribution in [0.4, 0.5) is 0 Å². The number of hydrogen-bond acceptors (Lipinski definition) is 1. The van der Waals surface area contributed by atoms with Crippen LogP contribution in [-0.4, -0.2) is 18.6 Å². The topological polar surface area (TPSA) is 9.23 Å². The van der Waals surface area contributed by atoms with Crippen LogP contribution < -0.4 is 0 Å². The molecule has 2 atom stereocenters. The monoisotopic (exact) mass is 134 g/mol. The Bertz CT molecular complexity index is 74.9. The summed E-state index contributed by atoms with van der Waals surface area (Å²) in [7, 11) is 0. The van der Waals surface area contributed by atoms with E-state index in [2.05, 4.69) is 6.92 Å². The predicted octanol–water partition coefficient (Wildman–Crippen LogP) is 1.65. The first-order valence-corrected chi connectivity index (χ1v) is 3.55. The second-order valence-corrected chi connectivity index (χ2v) is 2.69. The minimum atomic E-state index is 0.536. The summed E-state index contributed by atoms with van der Waals surface area (Å²) in [4.78, 5) is 0. The number of hydrogen-bond donors (Lipinski definition) is 0. The molecule has 2 unspecified atom stereocenters. The molecule has 0 bridgehead atoms. The molecule has 0 heterocycles. The van der Waals surface area contributed by atoms with Gasteiger partial charge in [0.05, 0.1) is 12.7 Å². The van der Waals surface area contributed by atoms with Gasteiger partial charge in [-0.05, 0) is 12.3 Å². The standard InChI is InChI=1S/C6H11ClO/c1-5-4-6(5)8-3-2-7/h5-6H,2-4H2,1H3. The Kier molecular flexibility index (Phi) is 2.15. The van der Waals surface area contributed by atoms with E-state index in [1.54, 1.807) is 0 Å². The van der Waals surface area contributed by atoms with Crippen molar-refractivity contribution in [3.8, 4) is 0 Å². The third-order valence-electron chi connectivity index (χ3n) is 1.44. The maximum atomic E-state index is 5.40. The normalized spacial score (nSPS) is 35.2. The van der Waals surface area contributed by atoms with Gasteiger partial charge in [0.2, 0.25) is 0 Å². The molecule has 1 rings (SSSR count). The average Bonchev–Trinajstić information content (AvgIpc) is 2.42. The van der Waals surface area contributed by atoms with Crippen molar-refractivity contribution < 1.29 is 4.74 Å². The SMILES string of the molecule is CC1CC1OCCCl. The summed E-state index contributed by atoms with van der Waals surface area (Å²) in [6.07, 6.45) is 1.77. The summed E-state index contributed by atoms with van der Waals surface area (Å²) in [5.41, 5.74) is 0. The van der Waals surface area contributed by atoms with E-state index in [1.807, 2.05) is 0 Å². The lowest BCUT2D eigenvalue weighted by Gasteiger charge is -1.95. The first kappa shape index (κ1) is 6.37. The lowest BCUT2D eigenvalue weighted by molar-refractivity contribution is 0.125. The molecule has 48 valence electrons. The van der Waals surface area contributed by atoms with Crippen molar-refractivity contribution in [3.63, 3.8) is 0 Å². The van der Waals surface area contributed by atoms with E-state index in [0.717, 1.165) is 12.5 Å². The zero-order valence-corrected chi connectivity index (χ0v) is 5.82. The van der Waals surface area contributed by atoms with Crippen molar-refractivity contribution in [2.24, 2.45) is 5.92 Å². The van der Waals surface area contributed by atoms with E-state index >= 15 is 0 Å². The molecule has 2 heteroatoms. The van der Waals surface area contributed by atoms with Crippen LogP contribution in [0.25, 0.3) is 0 Å². The van der Waals surface area contributed by atoms with E-state index in [1.165, 1.54) is 6.42 Å². The molecule has 1 aliphatic carbocycles. The summed E-state index contributed by atoms with van der Waals surface area (Å²) < 4.78 is 5.28. The average molecular weight is 135 g/mol. The van der Waals surface area contributed by atoms with E-state index < -0.39 is 0 Å². The second-order valence-electron chi connectivity index (χ2n) is 2.31. The Morgan fingerprint density at radius 3 is 2.75 bits per heavy atom. The Labute approximate surface area is 55.0 Å². The largest absolute Gasteiger partial charge is 0.377 e. The van der Waals surface area contributed by atoms with Crippen molar-refractivity contribution in [2.45, 2.75) is 19.4 Å². The molecule has 0 spiro atoms. The minimum Gasteiger partial charge on any atom is -0.377 e. The molecular weight excluding hydrogens is 124 g/mol. The van der Waals surface area contributed by atoms with Crippen molar-refractivity contribution in [2.75, 3.05) is 12.5 Å². The van der Waals surface area contributed by atoms with E-state index in [9.17, 15) is 0 Å². The molecule has 0 saturated heterocycles. The van der Waals surface area contributed by atoms with Gasteiger partial charge in [-0.15, -0.1) is 11.6 Å². The van der Waals surface area contributed by atoms with E-state index in [-0.39, 0.29) is 0 Å². The number of rotatable bonds is 3. The fraction of sp³-hybridized carbons (Fsp3) is 1.00. The molecular formula is C6H11ClO. The Morgan fingerprint density at radius 2 is 2.38 bits per heavy atom. The highest BCUT2D eigenvalue weighted by Gasteiger charge is 2.33. The molecule has 0 amide bonds. The van der Waals surface area contributed by atoms with Gasteiger partial charge in [-0.2, -0.15) is 0 Å². The van der Waals surface area contributed by atoms with Crippen LogP contribution in [0.2, 0.25) is 0 Å². The summed E-state index contributed by atoms with van der Waals surface area (Å²) >= 11 is 5.40. The van der Waals surface area contributed by atoms with Gasteiger partial charge in [0, 0.05) is 5.88 Å². The Balaban J connectivity index is 1.89. The van der Waals surface area contributed by atoms with Gasteiger partial charge in [0.15, 0.2) is 0 Å². The lowest BCUT2D eigenvalue weighted by Crippen LogP contribution is -1.98. The molecule has 0 aliphatic heterocycles. The van der Waals surface area contributed by atoms with E-state index in [4.69, 9.17) is 16.3 Å². The predicted molar refractivity (Wildman–Crippen MR) is 34.2 cm³/mol. The number of halogens is 1. The molecule has 1 saturated carbocycles. The van der Waals surface area contributed by atoms with Crippen molar-refractivity contribution in [3.05, 3.63) is 0 Å². The van der Waals surface area contributed by atoms with E-state index in [0.29, 0.717) is 12.0 Å². The van der Waals surface area contributed by atoms with Crippen molar-refractivity contribution in [1.82, 2.24) is 0 Å². The Hall–Kier alpha value is 0.250. The number of ether oxygens (including phenoxy) is 1. The molecule has 0 radical (unpaired) electrons. The summed E-state index contributed by atoms with van der Waals surface area (Å²) in [6.45, 7) is 2.91. The van der Waals surface area contributed by atoms with Crippen LogP contribution in [0, 0.1) is 5.92 Å². The summed E-state index contributed by atoms with van der Waals surface area (Å²) in [5, 5.41) is 0. The smallest absolute Gasteiger partial charge is 0.0605 e. The maximum absolute atomic E-state index is 5.40. The molecule has 0 aromatic carbocycles. The van der Waals surface area contributed by atoms with Gasteiger partial charge in [0.1, 0.15) is 0 Å². The van der Waals surface area contributed by atoms with Gasteiger partial charge in [-0.1, -0.05) is 6.92 Å². The highest BCUT2D eigenvalue weighted by Crippen LogP contribution is 2.32. The van der Waals surface area contributed by atoms with Gasteiger partial charge < -0.3 is 4.74 Å². The highest BCUT2D eigenvalue weighted by molar-refractivity contribution is 6.17. The third kappa shape index (κ3) is 1.64. The maximum Gasteiger partial charge on any atom is 0.0605 e. The summed E-state index contributed by atoms with van der Waals surface area (Å²) in [5.74, 6) is 1.42. The molecule has 0 N–H and O–H groups in total. The van der Waals surface area contributed by atoms with Gasteiger partial charge in [-0.25, -0.2) is 0 Å². The molecule has 1 fully saturated rings. The van der Waals surface area contributed by atoms with Crippen molar-refractivity contribution in [1.29, 1.82) is 0 Å². The van der Waals surface area contributed by atoms with Crippen LogP contribution >= 0.6 is 11.6 Å². The zero-order valence-electron chi connectivity index (χ0n) is 5.06. The first-order chi connectivity index (χ1) is 3.84. The molecule has 1 nitrogen and oxygen atoms in total. The fourth-order valence-corrected chi connectivity index (χ4v) is 0.805. The van der Waals surface area contributed by atoms with Crippen LogP contribution in [0.15, 0.2) is 0 Å². The van der Waals surface area contributed by atoms with Gasteiger partial charge >= 0.3 is 0 Å². The molecule has 0 aromatic heterocycles. The van der Waals surface area contributed by atoms with Gasteiger partial charge in [-0.3, -0.25) is 0 Å². The summed E-state index contributed by atoms with van der Waals surface area (Å²) in [6, 6.07) is 0. The van der Waals surface area contributed by atoms with Crippen molar-refractivity contribution >= 4 is 11.6 Å². The highest BCUT2D eigenvalue weighted by atomic mass is 35.5. The minimum absolute atomic E-state index is 0.536. The zero-order chi connectivity index (χ0) is 5.98. The Morgan fingerprint density at radius 1 is 1.75 bits per heavy atom. The van der Waals surface area contributed by atoms with Crippen LogP contribution in [-0.2, 0) is 4.74 Å².